The Morgan fingerprint density at radius 2 is 1.90 bits per heavy atom. The van der Waals surface area contributed by atoms with Crippen LogP contribution >= 0.6 is 0 Å². The molecule has 2 aromatic rings. The molecule has 0 aliphatic heterocycles. The standard InChI is InChI=1S/C12H11FN2O4S/c1-19-11(16)10-9(7-3-5-8(13)6-4-7)14-12(15-10)20(2,17)18/h3-6H,1-2H3,(H,14,15). The number of methoxy groups -OCH3 is 1. The number of ether oxygens (including phenoxy) is 1. The summed E-state index contributed by atoms with van der Waals surface area (Å²) >= 11 is 0. The zero-order chi connectivity index (χ0) is 14.9. The molecule has 0 aliphatic rings. The number of nitrogens with zero attached hydrogens (tertiary/aromatic N) is 1. The number of esters is 1. The maximum Gasteiger partial charge on any atom is 0.356 e. The maximum atomic E-state index is 12.9. The molecular formula is C12H11FN2O4S. The Labute approximate surface area is 114 Å². The maximum absolute atomic E-state index is 12.9. The van der Waals surface area contributed by atoms with Crippen molar-refractivity contribution in [2.45, 2.75) is 5.16 Å². The highest BCUT2D eigenvalue weighted by molar-refractivity contribution is 7.90. The lowest BCUT2D eigenvalue weighted by atomic mass is 10.1. The number of aromatic nitrogens is 2. The van der Waals surface area contributed by atoms with Crippen LogP contribution in [0.3, 0.4) is 0 Å². The number of imidazole rings is 1. The van der Waals surface area contributed by atoms with Crippen molar-refractivity contribution >= 4 is 15.8 Å². The Morgan fingerprint density at radius 3 is 2.40 bits per heavy atom. The molecule has 0 radical (unpaired) electrons. The average Bonchev–Trinajstić information content (AvgIpc) is 2.83. The zero-order valence-electron chi connectivity index (χ0n) is 10.7. The molecule has 20 heavy (non-hydrogen) atoms. The first-order valence-corrected chi connectivity index (χ1v) is 7.36. The van der Waals surface area contributed by atoms with E-state index in [1.54, 1.807) is 0 Å². The molecule has 0 saturated carbocycles. The summed E-state index contributed by atoms with van der Waals surface area (Å²) in [5.41, 5.74) is 0.398. The van der Waals surface area contributed by atoms with Gasteiger partial charge in [0.2, 0.25) is 15.0 Å². The summed E-state index contributed by atoms with van der Waals surface area (Å²) < 4.78 is 40.5. The van der Waals surface area contributed by atoms with E-state index in [2.05, 4.69) is 14.7 Å². The zero-order valence-corrected chi connectivity index (χ0v) is 11.5. The Kier molecular flexibility index (Phi) is 3.58. The third kappa shape index (κ3) is 2.69. The first-order valence-electron chi connectivity index (χ1n) is 5.47. The first kappa shape index (κ1) is 14.2. The van der Waals surface area contributed by atoms with Gasteiger partial charge in [0.1, 0.15) is 11.5 Å². The summed E-state index contributed by atoms with van der Waals surface area (Å²) in [6.07, 6.45) is 0.960. The number of halogens is 1. The summed E-state index contributed by atoms with van der Waals surface area (Å²) in [4.78, 5) is 18.0. The van der Waals surface area contributed by atoms with Gasteiger partial charge >= 0.3 is 5.97 Å². The quantitative estimate of drug-likeness (QED) is 0.865. The number of carbonyl (C=O) groups excluding carboxylic acids is 1. The van der Waals surface area contributed by atoms with Gasteiger partial charge in [-0.25, -0.2) is 22.6 Å². The molecule has 106 valence electrons. The third-order valence-corrected chi connectivity index (χ3v) is 3.44. The van der Waals surface area contributed by atoms with Crippen LogP contribution in [-0.4, -0.2) is 37.7 Å². The molecule has 1 heterocycles. The number of rotatable bonds is 3. The minimum atomic E-state index is -3.61. The van der Waals surface area contributed by atoms with Crippen molar-refractivity contribution in [3.63, 3.8) is 0 Å². The second kappa shape index (κ2) is 5.04. The normalized spacial score (nSPS) is 11.3. The van der Waals surface area contributed by atoms with Crippen molar-refractivity contribution in [3.05, 3.63) is 35.8 Å². The number of aromatic amines is 1. The fraction of sp³-hybridized carbons (Fsp3) is 0.167. The van der Waals surface area contributed by atoms with E-state index in [4.69, 9.17) is 0 Å². The van der Waals surface area contributed by atoms with Crippen molar-refractivity contribution < 1.29 is 22.3 Å². The lowest BCUT2D eigenvalue weighted by Gasteiger charge is -2.00. The predicted octanol–water partition coefficient (Wildman–Crippen LogP) is 1.41. The van der Waals surface area contributed by atoms with Gasteiger partial charge in [-0.15, -0.1) is 0 Å². The van der Waals surface area contributed by atoms with Crippen LogP contribution in [0.5, 0.6) is 0 Å². The van der Waals surface area contributed by atoms with Gasteiger partial charge in [-0.2, -0.15) is 0 Å². The van der Waals surface area contributed by atoms with Crippen molar-refractivity contribution in [1.82, 2.24) is 9.97 Å². The van der Waals surface area contributed by atoms with Gasteiger partial charge in [0.15, 0.2) is 5.69 Å². The van der Waals surface area contributed by atoms with Crippen LogP contribution in [0.4, 0.5) is 4.39 Å². The van der Waals surface area contributed by atoms with Gasteiger partial charge in [-0.3, -0.25) is 0 Å². The molecule has 8 heteroatoms. The molecule has 1 N–H and O–H groups in total. The van der Waals surface area contributed by atoms with Gasteiger partial charge < -0.3 is 9.72 Å². The first-order chi connectivity index (χ1) is 9.32. The van der Waals surface area contributed by atoms with Crippen LogP contribution in [0, 0.1) is 5.82 Å². The Morgan fingerprint density at radius 1 is 1.30 bits per heavy atom. The third-order valence-electron chi connectivity index (χ3n) is 2.54. The minimum absolute atomic E-state index is 0.0947. The van der Waals surface area contributed by atoms with Gasteiger partial charge in [-0.05, 0) is 24.3 Å². The molecule has 0 spiro atoms. The summed E-state index contributed by atoms with van der Waals surface area (Å²) in [6.45, 7) is 0. The fourth-order valence-corrected chi connectivity index (χ4v) is 2.14. The number of nitrogens with one attached hydrogen (secondary N) is 1. The number of hydrogen-bond acceptors (Lipinski definition) is 5. The van der Waals surface area contributed by atoms with Crippen LogP contribution in [0.2, 0.25) is 0 Å². The molecule has 0 atom stereocenters. The molecule has 6 nitrogen and oxygen atoms in total. The number of H-pyrrole nitrogens is 1. The van der Waals surface area contributed by atoms with Crippen molar-refractivity contribution in [2.75, 3.05) is 13.4 Å². The van der Waals surface area contributed by atoms with Crippen LogP contribution in [0.25, 0.3) is 11.3 Å². The average molecular weight is 298 g/mol. The molecule has 0 amide bonds. The van der Waals surface area contributed by atoms with Crippen LogP contribution in [0.1, 0.15) is 10.5 Å². The van der Waals surface area contributed by atoms with Crippen LogP contribution in [0.15, 0.2) is 29.4 Å². The SMILES string of the molecule is COC(=O)c1[nH]c(S(C)(=O)=O)nc1-c1ccc(F)cc1. The monoisotopic (exact) mass is 298 g/mol. The molecule has 1 aromatic heterocycles. The smallest absolute Gasteiger partial charge is 0.356 e. The van der Waals surface area contributed by atoms with E-state index in [-0.39, 0.29) is 16.5 Å². The molecule has 1 aromatic carbocycles. The highest BCUT2D eigenvalue weighted by Crippen LogP contribution is 2.24. The van der Waals surface area contributed by atoms with E-state index < -0.39 is 21.6 Å². The van der Waals surface area contributed by atoms with Crippen molar-refractivity contribution in [2.24, 2.45) is 0 Å². The van der Waals surface area contributed by atoms with E-state index in [1.165, 1.54) is 24.3 Å². The highest BCUT2D eigenvalue weighted by Gasteiger charge is 2.23. The molecular weight excluding hydrogens is 287 g/mol. The van der Waals surface area contributed by atoms with E-state index in [1.807, 2.05) is 0 Å². The van der Waals surface area contributed by atoms with Crippen LogP contribution < -0.4 is 0 Å². The van der Waals surface area contributed by atoms with Crippen molar-refractivity contribution in [3.8, 4) is 11.3 Å². The lowest BCUT2D eigenvalue weighted by molar-refractivity contribution is 0.0595. The number of carbonyl (C=O) groups is 1. The Balaban J connectivity index is 2.64. The molecule has 0 aliphatic carbocycles. The predicted molar refractivity (Wildman–Crippen MR) is 68.4 cm³/mol. The van der Waals surface area contributed by atoms with Gasteiger partial charge in [0, 0.05) is 11.8 Å². The number of benzene rings is 1. The van der Waals surface area contributed by atoms with E-state index >= 15 is 0 Å². The summed E-state index contributed by atoms with van der Waals surface area (Å²) in [5.74, 6) is -1.21. The van der Waals surface area contributed by atoms with Crippen LogP contribution in [-0.2, 0) is 14.6 Å². The largest absolute Gasteiger partial charge is 0.464 e. The molecule has 2 rings (SSSR count). The van der Waals surface area contributed by atoms with Gasteiger partial charge in [-0.1, -0.05) is 0 Å². The minimum Gasteiger partial charge on any atom is -0.464 e. The second-order valence-corrected chi connectivity index (χ2v) is 5.97. The molecule has 0 bridgehead atoms. The van der Waals surface area contributed by atoms with E-state index in [0.717, 1.165) is 13.4 Å². The molecule has 0 saturated heterocycles. The Hall–Kier alpha value is -2.22. The summed E-state index contributed by atoms with van der Waals surface area (Å²) in [7, 11) is -2.45. The van der Waals surface area contributed by atoms with E-state index in [0.29, 0.717) is 5.56 Å². The second-order valence-electron chi connectivity index (χ2n) is 4.04. The van der Waals surface area contributed by atoms with E-state index in [9.17, 15) is 17.6 Å². The lowest BCUT2D eigenvalue weighted by Crippen LogP contribution is -2.04. The topological polar surface area (TPSA) is 89.1 Å². The Bertz CT molecular complexity index is 750. The highest BCUT2D eigenvalue weighted by atomic mass is 32.2. The summed E-state index contributed by atoms with van der Waals surface area (Å²) in [5, 5.41) is -0.350. The number of hydrogen-bond donors (Lipinski definition) is 1. The van der Waals surface area contributed by atoms with Crippen molar-refractivity contribution in [1.29, 1.82) is 0 Å². The number of sulfone groups is 1. The summed E-state index contributed by atoms with van der Waals surface area (Å²) in [6, 6.07) is 5.16. The molecule has 0 fully saturated rings. The molecule has 0 unspecified atom stereocenters. The fourth-order valence-electron chi connectivity index (χ4n) is 1.59. The van der Waals surface area contributed by atoms with Gasteiger partial charge in [0.25, 0.3) is 0 Å². The van der Waals surface area contributed by atoms with Gasteiger partial charge in [0.05, 0.1) is 7.11 Å².